The van der Waals surface area contributed by atoms with Gasteiger partial charge in [0.05, 0.1) is 0 Å². The fourth-order valence-corrected chi connectivity index (χ4v) is 2.29. The van der Waals surface area contributed by atoms with Crippen LogP contribution >= 0.6 is 0 Å². The molecule has 1 heterocycles. The maximum Gasteiger partial charge on any atom is 0.355 e. The molecule has 1 aliphatic carbocycles. The lowest BCUT2D eigenvalue weighted by Gasteiger charge is -2.18. The highest BCUT2D eigenvalue weighted by Crippen LogP contribution is 2.17. The van der Waals surface area contributed by atoms with Gasteiger partial charge in [-0.3, -0.25) is 9.59 Å². The van der Waals surface area contributed by atoms with E-state index in [-0.39, 0.29) is 36.4 Å². The molecule has 2 rings (SSSR count). The molecule has 0 bridgehead atoms. The van der Waals surface area contributed by atoms with Crippen molar-refractivity contribution in [1.82, 2.24) is 10.7 Å². The molecular weight excluding hydrogens is 262 g/mol. The van der Waals surface area contributed by atoms with Crippen molar-refractivity contribution in [1.29, 1.82) is 0 Å². The largest absolute Gasteiger partial charge is 0.448 e. The van der Waals surface area contributed by atoms with E-state index in [4.69, 9.17) is 4.74 Å². The third-order valence-corrected chi connectivity index (χ3v) is 3.49. The summed E-state index contributed by atoms with van der Waals surface area (Å²) in [7, 11) is 0. The number of nitrogens with zero attached hydrogens (tertiary/aromatic N) is 1. The number of amides is 2. The van der Waals surface area contributed by atoms with Crippen LogP contribution in [0.2, 0.25) is 0 Å². The molecule has 110 valence electrons. The van der Waals surface area contributed by atoms with Crippen LogP contribution < -0.4 is 10.7 Å². The number of hydrogen-bond acceptors (Lipinski definition) is 5. The molecule has 0 saturated heterocycles. The molecule has 0 aromatic heterocycles. The number of hydrazone groups is 1. The van der Waals surface area contributed by atoms with Crippen molar-refractivity contribution < 1.29 is 19.1 Å². The van der Waals surface area contributed by atoms with E-state index in [0.29, 0.717) is 0 Å². The van der Waals surface area contributed by atoms with Crippen molar-refractivity contribution >= 4 is 23.5 Å². The molecule has 1 saturated carbocycles. The molecule has 0 spiro atoms. The molecule has 7 heteroatoms. The van der Waals surface area contributed by atoms with Crippen LogP contribution in [0.4, 0.5) is 0 Å². The van der Waals surface area contributed by atoms with Gasteiger partial charge in [0, 0.05) is 18.9 Å². The molecule has 2 aliphatic rings. The lowest BCUT2D eigenvalue weighted by Crippen LogP contribution is -2.42. The molecule has 20 heavy (non-hydrogen) atoms. The van der Waals surface area contributed by atoms with E-state index in [0.717, 1.165) is 25.7 Å². The Hall–Kier alpha value is -1.92. The van der Waals surface area contributed by atoms with E-state index in [9.17, 15) is 14.4 Å². The molecule has 7 nitrogen and oxygen atoms in total. The van der Waals surface area contributed by atoms with E-state index >= 15 is 0 Å². The Morgan fingerprint density at radius 3 is 2.65 bits per heavy atom. The summed E-state index contributed by atoms with van der Waals surface area (Å²) in [6, 6.07) is 0.190. The molecule has 0 aromatic rings. The van der Waals surface area contributed by atoms with Gasteiger partial charge in [-0.25, -0.2) is 10.2 Å². The number of ether oxygens (including phenoxy) is 1. The van der Waals surface area contributed by atoms with Crippen LogP contribution in [0.3, 0.4) is 0 Å². The third kappa shape index (κ3) is 3.79. The van der Waals surface area contributed by atoms with Gasteiger partial charge in [-0.2, -0.15) is 5.10 Å². The van der Waals surface area contributed by atoms with Gasteiger partial charge in [-0.15, -0.1) is 0 Å². The zero-order chi connectivity index (χ0) is 14.5. The summed E-state index contributed by atoms with van der Waals surface area (Å²) in [5.41, 5.74) is 2.37. The Bertz CT molecular complexity index is 441. The first kappa shape index (κ1) is 14.5. The number of carbonyl (C=O) groups is 3. The first-order valence-corrected chi connectivity index (χ1v) is 6.93. The van der Waals surface area contributed by atoms with Crippen LogP contribution in [0, 0.1) is 0 Å². The number of rotatable bonds is 4. The van der Waals surface area contributed by atoms with Crippen molar-refractivity contribution in [3.63, 3.8) is 0 Å². The van der Waals surface area contributed by atoms with Gasteiger partial charge in [-0.05, 0) is 19.8 Å². The zero-order valence-electron chi connectivity index (χ0n) is 11.5. The Morgan fingerprint density at radius 2 is 2.05 bits per heavy atom. The molecular formula is C13H19N3O4. The monoisotopic (exact) mass is 281 g/mol. The highest BCUT2D eigenvalue weighted by atomic mass is 16.5. The Labute approximate surface area is 117 Å². The highest BCUT2D eigenvalue weighted by Gasteiger charge is 2.26. The zero-order valence-corrected chi connectivity index (χ0v) is 11.5. The van der Waals surface area contributed by atoms with E-state index in [1.165, 1.54) is 6.92 Å². The molecule has 1 aliphatic heterocycles. The molecule has 0 aromatic carbocycles. The number of hydrogen-bond donors (Lipinski definition) is 2. The SMILES string of the molecule is C[C@@H](OC(=O)C1=NNC(=O)CC1)C(=O)NC1CCCC1. The summed E-state index contributed by atoms with van der Waals surface area (Å²) in [5, 5.41) is 6.51. The van der Waals surface area contributed by atoms with Crippen molar-refractivity contribution in [3.05, 3.63) is 0 Å². The quantitative estimate of drug-likeness (QED) is 0.721. The third-order valence-electron chi connectivity index (χ3n) is 3.49. The summed E-state index contributed by atoms with van der Waals surface area (Å²) >= 11 is 0. The topological polar surface area (TPSA) is 96.9 Å². The van der Waals surface area contributed by atoms with Gasteiger partial charge in [-0.1, -0.05) is 12.8 Å². The van der Waals surface area contributed by atoms with E-state index in [1.54, 1.807) is 0 Å². The average molecular weight is 281 g/mol. The summed E-state index contributed by atoms with van der Waals surface area (Å²) in [4.78, 5) is 34.6. The van der Waals surface area contributed by atoms with Gasteiger partial charge in [0.1, 0.15) is 5.71 Å². The average Bonchev–Trinajstić information content (AvgIpc) is 2.92. The standard InChI is InChI=1S/C13H19N3O4/c1-8(12(18)14-9-4-2-3-5-9)20-13(19)10-6-7-11(17)16-15-10/h8-9H,2-7H2,1H3,(H,14,18)(H,16,17)/t8-/m1/s1. The van der Waals surface area contributed by atoms with Gasteiger partial charge >= 0.3 is 5.97 Å². The molecule has 1 fully saturated rings. The first-order chi connectivity index (χ1) is 9.56. The van der Waals surface area contributed by atoms with Crippen LogP contribution in [0.25, 0.3) is 0 Å². The van der Waals surface area contributed by atoms with Crippen molar-refractivity contribution in [3.8, 4) is 0 Å². The van der Waals surface area contributed by atoms with Gasteiger partial charge < -0.3 is 10.1 Å². The van der Waals surface area contributed by atoms with Crippen molar-refractivity contribution in [2.24, 2.45) is 5.10 Å². The maximum atomic E-state index is 11.9. The second-order valence-corrected chi connectivity index (χ2v) is 5.13. The smallest absolute Gasteiger partial charge is 0.355 e. The van der Waals surface area contributed by atoms with Crippen LogP contribution in [0.15, 0.2) is 5.10 Å². The van der Waals surface area contributed by atoms with Crippen molar-refractivity contribution in [2.75, 3.05) is 0 Å². The Balaban J connectivity index is 1.80. The predicted octanol–water partition coefficient (Wildman–Crippen LogP) is 0.243. The minimum atomic E-state index is -0.858. The maximum absolute atomic E-state index is 11.9. The fourth-order valence-electron chi connectivity index (χ4n) is 2.29. The molecule has 2 N–H and O–H groups in total. The predicted molar refractivity (Wildman–Crippen MR) is 70.8 cm³/mol. The summed E-state index contributed by atoms with van der Waals surface area (Å²) in [6.45, 7) is 1.53. The van der Waals surface area contributed by atoms with Gasteiger partial charge in [0.2, 0.25) is 5.91 Å². The highest BCUT2D eigenvalue weighted by molar-refractivity contribution is 6.37. The molecule has 0 radical (unpaired) electrons. The Kier molecular flexibility index (Phi) is 4.70. The summed E-state index contributed by atoms with van der Waals surface area (Å²) in [5.74, 6) is -1.17. The minimum absolute atomic E-state index is 0.144. The minimum Gasteiger partial charge on any atom is -0.448 e. The summed E-state index contributed by atoms with van der Waals surface area (Å²) < 4.78 is 5.06. The lowest BCUT2D eigenvalue weighted by atomic mass is 10.2. The molecule has 0 unspecified atom stereocenters. The van der Waals surface area contributed by atoms with Gasteiger partial charge in [0.15, 0.2) is 6.10 Å². The second kappa shape index (κ2) is 6.49. The van der Waals surface area contributed by atoms with Crippen LogP contribution in [-0.4, -0.2) is 35.6 Å². The number of esters is 1. The number of nitrogens with one attached hydrogen (secondary N) is 2. The van der Waals surface area contributed by atoms with E-state index in [1.807, 2.05) is 0 Å². The van der Waals surface area contributed by atoms with E-state index in [2.05, 4.69) is 15.8 Å². The van der Waals surface area contributed by atoms with Crippen LogP contribution in [0.1, 0.15) is 45.4 Å². The van der Waals surface area contributed by atoms with Crippen molar-refractivity contribution in [2.45, 2.75) is 57.6 Å². The summed E-state index contributed by atoms with van der Waals surface area (Å²) in [6.07, 6.45) is 3.78. The fraction of sp³-hybridized carbons (Fsp3) is 0.692. The lowest BCUT2D eigenvalue weighted by molar-refractivity contribution is -0.149. The Morgan fingerprint density at radius 1 is 1.35 bits per heavy atom. The van der Waals surface area contributed by atoms with Crippen LogP contribution in [0.5, 0.6) is 0 Å². The van der Waals surface area contributed by atoms with Gasteiger partial charge in [0.25, 0.3) is 5.91 Å². The first-order valence-electron chi connectivity index (χ1n) is 6.93. The van der Waals surface area contributed by atoms with E-state index < -0.39 is 12.1 Å². The molecule has 2 amide bonds. The normalized spacial score (nSPS) is 20.9. The van der Waals surface area contributed by atoms with Crippen LogP contribution in [-0.2, 0) is 19.1 Å². The molecule has 1 atom stereocenters. The number of carbonyl (C=O) groups excluding carboxylic acids is 3. The second-order valence-electron chi connectivity index (χ2n) is 5.13.